The van der Waals surface area contributed by atoms with E-state index in [1.165, 1.54) is 0 Å². The summed E-state index contributed by atoms with van der Waals surface area (Å²) in [5.41, 5.74) is 4.27. The highest BCUT2D eigenvalue weighted by atomic mass is 16.4. The number of hydrogen-bond donors (Lipinski definition) is 1. The number of anilines is 1. The Morgan fingerprint density at radius 2 is 1.53 bits per heavy atom. The summed E-state index contributed by atoms with van der Waals surface area (Å²) in [5, 5.41) is 9.51. The Hall–Kier alpha value is -3.93. The summed E-state index contributed by atoms with van der Waals surface area (Å²) in [6.45, 7) is 7.15. The molecular formula is C32H37N3O3. The molecule has 0 bridgehead atoms. The van der Waals surface area contributed by atoms with Crippen LogP contribution in [-0.4, -0.2) is 33.1 Å². The minimum atomic E-state index is -0.962. The molecule has 0 saturated carbocycles. The molecule has 1 aromatic heterocycles. The van der Waals surface area contributed by atoms with Gasteiger partial charge in [-0.15, -0.1) is 0 Å². The molecule has 0 aliphatic rings. The van der Waals surface area contributed by atoms with Gasteiger partial charge < -0.3 is 14.6 Å². The van der Waals surface area contributed by atoms with Gasteiger partial charge in [0, 0.05) is 29.4 Å². The van der Waals surface area contributed by atoms with Crippen molar-refractivity contribution in [2.45, 2.75) is 65.3 Å². The molecule has 1 N–H and O–H groups in total. The molecule has 4 rings (SSSR count). The molecule has 198 valence electrons. The highest BCUT2D eigenvalue weighted by Crippen LogP contribution is 2.33. The SMILES string of the molecule is CCCCN(C(=O)c1ccc(-c2nc3cc(C(=O)O)ccc3n2C(CCC)CCC)cc1)c1ccccc1. The number of amides is 1. The lowest BCUT2D eigenvalue weighted by atomic mass is 10.0. The molecule has 38 heavy (non-hydrogen) atoms. The molecular weight excluding hydrogens is 474 g/mol. The van der Waals surface area contributed by atoms with Crippen molar-refractivity contribution in [2.24, 2.45) is 0 Å². The van der Waals surface area contributed by atoms with Gasteiger partial charge in [-0.2, -0.15) is 0 Å². The van der Waals surface area contributed by atoms with Crippen LogP contribution in [0.2, 0.25) is 0 Å². The zero-order chi connectivity index (χ0) is 27.1. The number of imidazole rings is 1. The van der Waals surface area contributed by atoms with Crippen LogP contribution in [0.3, 0.4) is 0 Å². The van der Waals surface area contributed by atoms with E-state index in [-0.39, 0.29) is 17.5 Å². The van der Waals surface area contributed by atoms with E-state index in [9.17, 15) is 14.7 Å². The number of unbranched alkanes of at least 4 members (excludes halogenated alkanes) is 1. The summed E-state index contributed by atoms with van der Waals surface area (Å²) in [4.78, 5) is 31.9. The van der Waals surface area contributed by atoms with Crippen LogP contribution in [0.25, 0.3) is 22.4 Å². The van der Waals surface area contributed by atoms with E-state index in [0.29, 0.717) is 17.6 Å². The number of nitrogens with zero attached hydrogens (tertiary/aromatic N) is 3. The van der Waals surface area contributed by atoms with Gasteiger partial charge in [-0.05, 0) is 61.7 Å². The van der Waals surface area contributed by atoms with Gasteiger partial charge in [0.2, 0.25) is 0 Å². The standard InChI is InChI=1S/C32H37N3O3/c1-4-7-21-34(26-13-9-8-10-14-26)31(36)24-17-15-23(16-18-24)30-33-28-22-25(32(37)38)19-20-29(28)35(30)27(11-5-2)12-6-3/h8-10,13-20,22,27H,4-7,11-12,21H2,1-3H3,(H,37,38). The van der Waals surface area contributed by atoms with E-state index in [2.05, 4.69) is 25.3 Å². The molecule has 0 radical (unpaired) electrons. The average Bonchev–Trinajstić information content (AvgIpc) is 3.32. The van der Waals surface area contributed by atoms with Crippen LogP contribution in [-0.2, 0) is 0 Å². The lowest BCUT2D eigenvalue weighted by Crippen LogP contribution is -2.31. The van der Waals surface area contributed by atoms with E-state index in [4.69, 9.17) is 4.98 Å². The third kappa shape index (κ3) is 5.80. The highest BCUT2D eigenvalue weighted by molar-refractivity contribution is 6.06. The Morgan fingerprint density at radius 1 is 0.868 bits per heavy atom. The maximum absolute atomic E-state index is 13.5. The first-order valence-corrected chi connectivity index (χ1v) is 13.7. The van der Waals surface area contributed by atoms with Crippen LogP contribution in [0.4, 0.5) is 5.69 Å². The summed E-state index contributed by atoms with van der Waals surface area (Å²) in [7, 11) is 0. The number of benzene rings is 3. The second-order valence-electron chi connectivity index (χ2n) is 9.77. The van der Waals surface area contributed by atoms with Gasteiger partial charge in [-0.1, -0.05) is 70.4 Å². The Kier molecular flexibility index (Phi) is 8.95. The first-order valence-electron chi connectivity index (χ1n) is 13.7. The summed E-state index contributed by atoms with van der Waals surface area (Å²) >= 11 is 0. The van der Waals surface area contributed by atoms with Gasteiger partial charge in [-0.25, -0.2) is 9.78 Å². The molecule has 0 fully saturated rings. The van der Waals surface area contributed by atoms with E-state index in [0.717, 1.165) is 61.1 Å². The third-order valence-corrected chi connectivity index (χ3v) is 6.98. The van der Waals surface area contributed by atoms with Gasteiger partial charge in [0.05, 0.1) is 16.6 Å². The molecule has 0 aliphatic carbocycles. The smallest absolute Gasteiger partial charge is 0.335 e. The largest absolute Gasteiger partial charge is 0.478 e. The van der Waals surface area contributed by atoms with Crippen LogP contribution < -0.4 is 4.90 Å². The summed E-state index contributed by atoms with van der Waals surface area (Å²) in [6, 6.07) is 22.9. The predicted octanol–water partition coefficient (Wildman–Crippen LogP) is 7.99. The molecule has 4 aromatic rings. The van der Waals surface area contributed by atoms with Crippen LogP contribution in [0.1, 0.15) is 86.1 Å². The third-order valence-electron chi connectivity index (χ3n) is 6.98. The van der Waals surface area contributed by atoms with Crippen molar-refractivity contribution in [1.82, 2.24) is 9.55 Å². The molecule has 6 heteroatoms. The number of carbonyl (C=O) groups is 2. The van der Waals surface area contributed by atoms with E-state index >= 15 is 0 Å². The molecule has 3 aromatic carbocycles. The van der Waals surface area contributed by atoms with Gasteiger partial charge in [0.1, 0.15) is 5.82 Å². The van der Waals surface area contributed by atoms with E-state index in [1.807, 2.05) is 65.6 Å². The van der Waals surface area contributed by atoms with Crippen molar-refractivity contribution < 1.29 is 14.7 Å². The lowest BCUT2D eigenvalue weighted by Gasteiger charge is -2.23. The average molecular weight is 512 g/mol. The van der Waals surface area contributed by atoms with Crippen molar-refractivity contribution in [1.29, 1.82) is 0 Å². The summed E-state index contributed by atoms with van der Waals surface area (Å²) in [5.74, 6) is -0.180. The maximum atomic E-state index is 13.5. The van der Waals surface area contributed by atoms with Gasteiger partial charge in [0.25, 0.3) is 5.91 Å². The van der Waals surface area contributed by atoms with E-state index in [1.54, 1.807) is 12.1 Å². The zero-order valence-corrected chi connectivity index (χ0v) is 22.6. The van der Waals surface area contributed by atoms with Crippen LogP contribution >= 0.6 is 0 Å². The number of rotatable bonds is 12. The summed E-state index contributed by atoms with van der Waals surface area (Å²) in [6.07, 6.45) is 6.03. The monoisotopic (exact) mass is 511 g/mol. The number of fused-ring (bicyclic) bond motifs is 1. The van der Waals surface area contributed by atoms with Gasteiger partial charge in [-0.3, -0.25) is 4.79 Å². The summed E-state index contributed by atoms with van der Waals surface area (Å²) < 4.78 is 2.27. The predicted molar refractivity (Wildman–Crippen MR) is 154 cm³/mol. The second-order valence-corrected chi connectivity index (χ2v) is 9.77. The van der Waals surface area contributed by atoms with E-state index < -0.39 is 5.97 Å². The lowest BCUT2D eigenvalue weighted by molar-refractivity contribution is 0.0696. The van der Waals surface area contributed by atoms with Gasteiger partial charge >= 0.3 is 5.97 Å². The quantitative estimate of drug-likeness (QED) is 0.209. The number of carbonyl (C=O) groups excluding carboxylic acids is 1. The van der Waals surface area contributed by atoms with Crippen molar-refractivity contribution in [3.8, 4) is 11.4 Å². The van der Waals surface area contributed by atoms with Crippen molar-refractivity contribution in [3.63, 3.8) is 0 Å². The van der Waals surface area contributed by atoms with Crippen molar-refractivity contribution in [3.05, 3.63) is 83.9 Å². The topological polar surface area (TPSA) is 75.4 Å². The molecule has 0 aliphatic heterocycles. The van der Waals surface area contributed by atoms with Crippen LogP contribution in [0, 0.1) is 0 Å². The zero-order valence-electron chi connectivity index (χ0n) is 22.6. The fourth-order valence-corrected chi connectivity index (χ4v) is 5.06. The fourth-order valence-electron chi connectivity index (χ4n) is 5.06. The normalized spacial score (nSPS) is 11.3. The Labute approximate surface area is 224 Å². The second kappa shape index (κ2) is 12.5. The fraction of sp³-hybridized carbons (Fsp3) is 0.344. The maximum Gasteiger partial charge on any atom is 0.335 e. The van der Waals surface area contributed by atoms with Crippen molar-refractivity contribution >= 4 is 28.6 Å². The molecule has 0 spiro atoms. The number of carboxylic acid groups (broad SMARTS) is 1. The highest BCUT2D eigenvalue weighted by Gasteiger charge is 2.22. The van der Waals surface area contributed by atoms with Gasteiger partial charge in [0.15, 0.2) is 0 Å². The number of aromatic carboxylic acids is 1. The number of aromatic nitrogens is 2. The minimum absolute atomic E-state index is 0.0226. The molecule has 1 amide bonds. The van der Waals surface area contributed by atoms with Crippen molar-refractivity contribution in [2.75, 3.05) is 11.4 Å². The molecule has 0 saturated heterocycles. The first kappa shape index (κ1) is 27.1. The van der Waals surface area contributed by atoms with Crippen LogP contribution in [0.5, 0.6) is 0 Å². The molecule has 0 atom stereocenters. The molecule has 1 heterocycles. The first-order chi connectivity index (χ1) is 18.5. The minimum Gasteiger partial charge on any atom is -0.478 e. The Bertz CT molecular complexity index is 1370. The molecule has 0 unspecified atom stereocenters. The number of para-hydroxylation sites is 1. The number of hydrogen-bond acceptors (Lipinski definition) is 3. The van der Waals surface area contributed by atoms with Crippen LogP contribution in [0.15, 0.2) is 72.8 Å². The number of carboxylic acids is 1. The molecule has 6 nitrogen and oxygen atoms in total. The Balaban J connectivity index is 1.75. The Morgan fingerprint density at radius 3 is 2.13 bits per heavy atom.